The van der Waals surface area contributed by atoms with Crippen LogP contribution in [0.2, 0.25) is 0 Å². The molecule has 14 rings (SSSR count). The number of halogens is 2. The van der Waals surface area contributed by atoms with Gasteiger partial charge in [-0.1, -0.05) is 130 Å². The molecule has 0 saturated carbocycles. The van der Waals surface area contributed by atoms with Crippen LogP contribution in [0.1, 0.15) is 26.3 Å². The topological polar surface area (TPSA) is 0 Å². The third-order valence-electron chi connectivity index (χ3n) is 13.8. The Hall–Kier alpha value is -6.90. The average Bonchev–Trinajstić information content (AvgIpc) is 3.86. The maximum atomic E-state index is 15.4. The fourth-order valence-electron chi connectivity index (χ4n) is 11.5. The van der Waals surface area contributed by atoms with Gasteiger partial charge in [-0.3, -0.25) is 0 Å². The van der Waals surface area contributed by atoms with E-state index in [1.807, 2.05) is 0 Å². The van der Waals surface area contributed by atoms with Crippen LogP contribution >= 0.6 is 0 Å². The van der Waals surface area contributed by atoms with Gasteiger partial charge >= 0.3 is 0 Å². The molecule has 2 heteroatoms. The molecular formula is C56H32F2. The molecule has 13 aromatic rings. The third-order valence-corrected chi connectivity index (χ3v) is 13.8. The van der Waals surface area contributed by atoms with E-state index in [0.29, 0.717) is 5.56 Å². The van der Waals surface area contributed by atoms with Crippen LogP contribution < -0.4 is 0 Å². The molecule has 0 amide bonds. The number of benzene rings is 11. The van der Waals surface area contributed by atoms with Gasteiger partial charge < -0.3 is 0 Å². The Balaban J connectivity index is 1.21. The second-order valence-electron chi connectivity index (χ2n) is 17.8. The molecule has 0 saturated heterocycles. The highest BCUT2D eigenvalue weighted by Crippen LogP contribution is 2.58. The van der Waals surface area contributed by atoms with Crippen LogP contribution in [-0.4, -0.2) is 0 Å². The van der Waals surface area contributed by atoms with Gasteiger partial charge in [0, 0.05) is 6.07 Å². The molecule has 0 heterocycles. The molecule has 1 aliphatic rings. The highest BCUT2D eigenvalue weighted by molar-refractivity contribution is 6.52. The lowest BCUT2D eigenvalue weighted by molar-refractivity contribution is 0.584. The fourth-order valence-corrected chi connectivity index (χ4v) is 11.5. The van der Waals surface area contributed by atoms with Crippen LogP contribution in [0.25, 0.3) is 141 Å². The number of hydrogen-bond donors (Lipinski definition) is 0. The van der Waals surface area contributed by atoms with Gasteiger partial charge in [0.15, 0.2) is 0 Å². The van der Waals surface area contributed by atoms with E-state index in [4.69, 9.17) is 0 Å². The highest BCUT2D eigenvalue weighted by atomic mass is 19.1. The van der Waals surface area contributed by atoms with Crippen molar-refractivity contribution in [1.82, 2.24) is 0 Å². The maximum absolute atomic E-state index is 15.4. The first-order valence-corrected chi connectivity index (χ1v) is 20.2. The molecule has 0 N–H and O–H groups in total. The highest BCUT2D eigenvalue weighted by Gasteiger charge is 2.30. The summed E-state index contributed by atoms with van der Waals surface area (Å²) in [6, 6.07) is 49.2. The summed E-state index contributed by atoms with van der Waals surface area (Å²) in [6.07, 6.45) is 0. The standard InChI is InChI=1S/C56H32F2/c1-56(2,3)29-12-13-33-36-14-15-37-39-18-20-42-51-43(21-19-40(50(39)51)38-16-17-41(44(33)25-29)48(36)49(37)38)54-52-35-11-7-6-10-34(35)47-32-9-5-4-8-27(32)24-45(55(47)52)46(53(42)54)28-22-30(57)26-31(58)23-28/h4-26H,1-3H3. The molecule has 0 fully saturated rings. The number of rotatable bonds is 1. The number of hydrogen-bond acceptors (Lipinski definition) is 0. The molecule has 1 aliphatic carbocycles. The van der Waals surface area contributed by atoms with Crippen molar-refractivity contribution in [3.05, 3.63) is 157 Å². The lowest BCUT2D eigenvalue weighted by Gasteiger charge is -2.20. The molecule has 0 spiro atoms. The maximum Gasteiger partial charge on any atom is 0.126 e. The van der Waals surface area contributed by atoms with Crippen LogP contribution in [0, 0.1) is 11.6 Å². The Labute approximate surface area is 331 Å². The Bertz CT molecular complexity index is 3970. The molecule has 0 radical (unpaired) electrons. The average molecular weight is 743 g/mol. The number of fused-ring (bicyclic) bond motifs is 14. The Morgan fingerprint density at radius 1 is 0.328 bits per heavy atom. The zero-order valence-electron chi connectivity index (χ0n) is 32.0. The van der Waals surface area contributed by atoms with Crippen LogP contribution in [0.3, 0.4) is 0 Å². The lowest BCUT2D eigenvalue weighted by atomic mass is 9.85. The summed E-state index contributed by atoms with van der Waals surface area (Å²) in [5.74, 6) is -1.16. The van der Waals surface area contributed by atoms with Crippen molar-refractivity contribution in [1.29, 1.82) is 0 Å². The van der Waals surface area contributed by atoms with Crippen LogP contribution in [0.4, 0.5) is 8.78 Å². The van der Waals surface area contributed by atoms with Gasteiger partial charge in [0.25, 0.3) is 0 Å². The first kappa shape index (κ1) is 31.2. The van der Waals surface area contributed by atoms with Crippen molar-refractivity contribution >= 4 is 108 Å². The van der Waals surface area contributed by atoms with Crippen molar-refractivity contribution in [2.75, 3.05) is 0 Å². The fraction of sp³-hybridized carbons (Fsp3) is 0.0714. The Morgan fingerprint density at radius 3 is 1.48 bits per heavy atom. The lowest BCUT2D eigenvalue weighted by Crippen LogP contribution is -2.10. The summed E-state index contributed by atoms with van der Waals surface area (Å²) in [5.41, 5.74) is 8.07. The van der Waals surface area contributed by atoms with E-state index < -0.39 is 11.6 Å². The van der Waals surface area contributed by atoms with Gasteiger partial charge in [-0.2, -0.15) is 0 Å². The Morgan fingerprint density at radius 2 is 0.793 bits per heavy atom. The van der Waals surface area contributed by atoms with Crippen LogP contribution in [0.15, 0.2) is 140 Å². The van der Waals surface area contributed by atoms with Crippen molar-refractivity contribution in [3.63, 3.8) is 0 Å². The largest absolute Gasteiger partial charge is 0.207 e. The van der Waals surface area contributed by atoms with E-state index >= 15 is 8.78 Å². The van der Waals surface area contributed by atoms with Crippen LogP contribution in [0.5, 0.6) is 0 Å². The summed E-state index contributed by atoms with van der Waals surface area (Å²) in [4.78, 5) is 0. The van der Waals surface area contributed by atoms with Crippen molar-refractivity contribution < 1.29 is 8.78 Å². The van der Waals surface area contributed by atoms with Crippen molar-refractivity contribution in [2.24, 2.45) is 0 Å². The molecule has 0 bridgehead atoms. The molecular weight excluding hydrogens is 711 g/mol. The molecule has 0 atom stereocenters. The van der Waals surface area contributed by atoms with Crippen molar-refractivity contribution in [3.8, 4) is 33.4 Å². The second-order valence-corrected chi connectivity index (χ2v) is 17.8. The summed E-state index contributed by atoms with van der Waals surface area (Å²) in [5, 5.41) is 23.8. The normalized spacial score (nSPS) is 13.3. The predicted molar refractivity (Wildman–Crippen MR) is 244 cm³/mol. The minimum absolute atomic E-state index is 0.0539. The third kappa shape index (κ3) is 3.58. The van der Waals surface area contributed by atoms with Gasteiger partial charge in [-0.25, -0.2) is 8.78 Å². The molecule has 58 heavy (non-hydrogen) atoms. The van der Waals surface area contributed by atoms with Crippen molar-refractivity contribution in [2.45, 2.75) is 26.2 Å². The van der Waals surface area contributed by atoms with E-state index in [1.54, 1.807) is 0 Å². The van der Waals surface area contributed by atoms with E-state index in [-0.39, 0.29) is 5.41 Å². The van der Waals surface area contributed by atoms with Gasteiger partial charge in [0.1, 0.15) is 11.6 Å². The van der Waals surface area contributed by atoms with E-state index in [1.165, 1.54) is 115 Å². The molecule has 0 nitrogen and oxygen atoms in total. The van der Waals surface area contributed by atoms with Gasteiger partial charge in [0.2, 0.25) is 0 Å². The van der Waals surface area contributed by atoms with E-state index in [9.17, 15) is 0 Å². The quantitative estimate of drug-likeness (QED) is 0.116. The summed E-state index contributed by atoms with van der Waals surface area (Å²) in [6.45, 7) is 6.85. The van der Waals surface area contributed by atoms with Gasteiger partial charge in [-0.15, -0.1) is 0 Å². The zero-order chi connectivity index (χ0) is 38.5. The summed E-state index contributed by atoms with van der Waals surface area (Å²) in [7, 11) is 0. The predicted octanol–water partition coefficient (Wildman–Crippen LogP) is 16.4. The smallest absolute Gasteiger partial charge is 0.126 e. The molecule has 270 valence electrons. The Kier molecular flexibility index (Phi) is 5.46. The molecule has 0 aliphatic heterocycles. The molecule has 0 unspecified atom stereocenters. The van der Waals surface area contributed by atoms with E-state index in [0.717, 1.165) is 43.9 Å². The molecule has 0 aromatic heterocycles. The summed E-state index contributed by atoms with van der Waals surface area (Å²) >= 11 is 0. The minimum atomic E-state index is -0.578. The first-order chi connectivity index (χ1) is 28.2. The first-order valence-electron chi connectivity index (χ1n) is 20.2. The van der Waals surface area contributed by atoms with Gasteiger partial charge in [0.05, 0.1) is 0 Å². The summed E-state index contributed by atoms with van der Waals surface area (Å²) < 4.78 is 30.8. The van der Waals surface area contributed by atoms with Gasteiger partial charge in [-0.05, 0) is 176 Å². The minimum Gasteiger partial charge on any atom is -0.207 e. The molecule has 13 aromatic carbocycles. The van der Waals surface area contributed by atoms with Crippen LogP contribution in [-0.2, 0) is 5.41 Å². The SMILES string of the molecule is CC(C)(C)c1ccc2c(c1)-c1ccc3c4ccc5c6c(ccc(c7ccc-2c1c73)c46)c1c(-c2cc(F)cc(F)c2)c2cc3ccccc3c3c4ccccc4c(c51)c23. The second kappa shape index (κ2) is 10.1. The monoisotopic (exact) mass is 742 g/mol. The van der Waals surface area contributed by atoms with E-state index in [2.05, 4.69) is 142 Å². The zero-order valence-corrected chi connectivity index (χ0v) is 32.0.